The Morgan fingerprint density at radius 1 is 1.15 bits per heavy atom. The fourth-order valence-electron chi connectivity index (χ4n) is 1.78. The topological polar surface area (TPSA) is 29.1 Å². The average molecular weight is 482 g/mol. The van der Waals surface area contributed by atoms with Crippen molar-refractivity contribution in [2.75, 3.05) is 0 Å². The molecule has 0 fully saturated rings. The van der Waals surface area contributed by atoms with E-state index in [0.717, 1.165) is 17.6 Å². The van der Waals surface area contributed by atoms with E-state index in [0.29, 0.717) is 5.56 Å². The van der Waals surface area contributed by atoms with Crippen LogP contribution in [0.4, 0.5) is 0 Å². The van der Waals surface area contributed by atoms with Gasteiger partial charge < -0.3 is 5.32 Å². The summed E-state index contributed by atoms with van der Waals surface area (Å²) < 4.78 is 2.78. The van der Waals surface area contributed by atoms with Crippen LogP contribution in [0, 0.1) is 0 Å². The maximum absolute atomic E-state index is 12.4. The van der Waals surface area contributed by atoms with Crippen LogP contribution in [0.25, 0.3) is 0 Å². The van der Waals surface area contributed by atoms with Gasteiger partial charge in [0.15, 0.2) is 0 Å². The smallest absolute Gasteiger partial charge is 0.254 e. The predicted octanol–water partition coefficient (Wildman–Crippen LogP) is 5.70. The zero-order chi connectivity index (χ0) is 14.9. The molecule has 0 radical (unpaired) electrons. The van der Waals surface area contributed by atoms with Crippen LogP contribution >= 0.6 is 59.1 Å². The van der Waals surface area contributed by atoms with E-state index in [1.165, 1.54) is 11.3 Å². The van der Waals surface area contributed by atoms with E-state index in [2.05, 4.69) is 53.1 Å². The SMILES string of the molecule is CC(C)(NC(=O)c1cc(Br)sc1Br)c1ccc(Br)cc1. The van der Waals surface area contributed by atoms with E-state index in [1.54, 1.807) is 0 Å². The lowest BCUT2D eigenvalue weighted by molar-refractivity contribution is 0.0912. The predicted molar refractivity (Wildman–Crippen MR) is 94.4 cm³/mol. The molecule has 2 rings (SSSR count). The van der Waals surface area contributed by atoms with Crippen molar-refractivity contribution < 1.29 is 4.79 Å². The van der Waals surface area contributed by atoms with Gasteiger partial charge in [-0.2, -0.15) is 0 Å². The zero-order valence-electron chi connectivity index (χ0n) is 10.8. The molecular formula is C14H12Br3NOS. The van der Waals surface area contributed by atoms with E-state index in [-0.39, 0.29) is 5.91 Å². The second-order valence-corrected chi connectivity index (χ2v) is 9.49. The minimum atomic E-state index is -0.439. The highest BCUT2D eigenvalue weighted by molar-refractivity contribution is 9.12. The van der Waals surface area contributed by atoms with Gasteiger partial charge in [-0.15, -0.1) is 11.3 Å². The molecule has 0 aliphatic carbocycles. The van der Waals surface area contributed by atoms with Gasteiger partial charge in [0, 0.05) is 4.47 Å². The summed E-state index contributed by atoms with van der Waals surface area (Å²) in [5.41, 5.74) is 1.26. The normalized spacial score (nSPS) is 11.4. The first-order valence-electron chi connectivity index (χ1n) is 5.83. The van der Waals surface area contributed by atoms with Crippen LogP contribution in [0.5, 0.6) is 0 Å². The Morgan fingerprint density at radius 2 is 1.75 bits per heavy atom. The molecule has 0 aliphatic rings. The Morgan fingerprint density at radius 3 is 2.25 bits per heavy atom. The van der Waals surface area contributed by atoms with Gasteiger partial charge in [-0.3, -0.25) is 4.79 Å². The van der Waals surface area contributed by atoms with Crippen molar-refractivity contribution in [2.45, 2.75) is 19.4 Å². The van der Waals surface area contributed by atoms with Gasteiger partial charge in [0.25, 0.3) is 5.91 Å². The molecule has 1 heterocycles. The van der Waals surface area contributed by atoms with Crippen molar-refractivity contribution in [3.05, 3.63) is 53.5 Å². The van der Waals surface area contributed by atoms with E-state index in [9.17, 15) is 4.79 Å². The van der Waals surface area contributed by atoms with Crippen LogP contribution in [0.2, 0.25) is 0 Å². The van der Waals surface area contributed by atoms with E-state index in [4.69, 9.17) is 0 Å². The van der Waals surface area contributed by atoms with Gasteiger partial charge in [-0.1, -0.05) is 28.1 Å². The largest absolute Gasteiger partial charge is 0.343 e. The zero-order valence-corrected chi connectivity index (χ0v) is 16.4. The van der Waals surface area contributed by atoms with Crippen molar-refractivity contribution in [3.63, 3.8) is 0 Å². The van der Waals surface area contributed by atoms with E-state index in [1.807, 2.05) is 44.2 Å². The second kappa shape index (κ2) is 6.30. The lowest BCUT2D eigenvalue weighted by Gasteiger charge is -2.27. The van der Waals surface area contributed by atoms with Gasteiger partial charge in [0.05, 0.1) is 18.7 Å². The first kappa shape index (κ1) is 16.2. The summed E-state index contributed by atoms with van der Waals surface area (Å²) in [5.74, 6) is -0.0910. The van der Waals surface area contributed by atoms with Crippen LogP contribution in [-0.4, -0.2) is 5.91 Å². The molecule has 20 heavy (non-hydrogen) atoms. The fraction of sp³-hybridized carbons (Fsp3) is 0.214. The summed E-state index contributed by atoms with van der Waals surface area (Å²) in [4.78, 5) is 12.4. The van der Waals surface area contributed by atoms with Crippen molar-refractivity contribution in [1.29, 1.82) is 0 Å². The molecule has 0 unspecified atom stereocenters. The standard InChI is InChI=1S/C14H12Br3NOS/c1-14(2,8-3-5-9(15)6-4-8)18-13(19)10-7-11(16)20-12(10)17/h3-7H,1-2H3,(H,18,19). The van der Waals surface area contributed by atoms with Crippen molar-refractivity contribution in [1.82, 2.24) is 5.32 Å². The molecule has 0 atom stereocenters. The van der Waals surface area contributed by atoms with Crippen LogP contribution in [0.1, 0.15) is 29.8 Å². The highest BCUT2D eigenvalue weighted by atomic mass is 79.9. The van der Waals surface area contributed by atoms with E-state index >= 15 is 0 Å². The molecule has 6 heteroatoms. The number of nitrogens with one attached hydrogen (secondary N) is 1. The molecule has 0 saturated carbocycles. The third-order valence-corrected chi connectivity index (χ3v) is 5.76. The molecule has 106 valence electrons. The molecule has 1 aromatic carbocycles. The average Bonchev–Trinajstić information content (AvgIpc) is 2.68. The number of amides is 1. The minimum Gasteiger partial charge on any atom is -0.343 e. The summed E-state index contributed by atoms with van der Waals surface area (Å²) >= 11 is 11.7. The third kappa shape index (κ3) is 3.72. The molecule has 2 nitrogen and oxygen atoms in total. The van der Waals surface area contributed by atoms with Gasteiger partial charge in [-0.05, 0) is 69.5 Å². The highest BCUT2D eigenvalue weighted by Crippen LogP contribution is 2.32. The maximum atomic E-state index is 12.4. The van der Waals surface area contributed by atoms with Crippen LogP contribution in [0.15, 0.2) is 42.4 Å². The van der Waals surface area contributed by atoms with Crippen molar-refractivity contribution in [2.24, 2.45) is 0 Å². The lowest BCUT2D eigenvalue weighted by atomic mass is 9.94. The third-order valence-electron chi connectivity index (χ3n) is 2.89. The number of benzene rings is 1. The van der Waals surface area contributed by atoms with Crippen molar-refractivity contribution >= 4 is 65.0 Å². The first-order chi connectivity index (χ1) is 9.29. The monoisotopic (exact) mass is 479 g/mol. The lowest BCUT2D eigenvalue weighted by Crippen LogP contribution is -2.40. The first-order valence-corrected chi connectivity index (χ1v) is 9.02. The Kier molecular flexibility index (Phi) is 5.10. The number of carbonyl (C=O) groups is 1. The Labute approximate surface area is 147 Å². The summed E-state index contributed by atoms with van der Waals surface area (Å²) in [6.07, 6.45) is 0. The molecule has 0 bridgehead atoms. The molecular weight excluding hydrogens is 470 g/mol. The summed E-state index contributed by atoms with van der Waals surface area (Å²) in [6.45, 7) is 3.98. The molecule has 0 saturated heterocycles. The second-order valence-electron chi connectivity index (χ2n) is 4.82. The Bertz CT molecular complexity index is 634. The van der Waals surface area contributed by atoms with Gasteiger partial charge in [-0.25, -0.2) is 0 Å². The van der Waals surface area contributed by atoms with Gasteiger partial charge in [0.2, 0.25) is 0 Å². The molecule has 1 amide bonds. The van der Waals surface area contributed by atoms with Crippen molar-refractivity contribution in [3.8, 4) is 0 Å². The van der Waals surface area contributed by atoms with Gasteiger partial charge in [0.1, 0.15) is 0 Å². The fourth-order valence-corrected chi connectivity index (χ4v) is 4.84. The molecule has 0 aliphatic heterocycles. The molecule has 0 spiro atoms. The molecule has 2 aromatic rings. The van der Waals surface area contributed by atoms with Crippen LogP contribution in [-0.2, 0) is 5.54 Å². The summed E-state index contributed by atoms with van der Waals surface area (Å²) in [6, 6.07) is 9.77. The summed E-state index contributed by atoms with van der Waals surface area (Å²) in [5, 5.41) is 3.06. The maximum Gasteiger partial charge on any atom is 0.254 e. The number of hydrogen-bond donors (Lipinski definition) is 1. The number of carbonyl (C=O) groups excluding carboxylic acids is 1. The Hall–Kier alpha value is -0.170. The highest BCUT2D eigenvalue weighted by Gasteiger charge is 2.25. The van der Waals surface area contributed by atoms with E-state index < -0.39 is 5.54 Å². The minimum absolute atomic E-state index is 0.0910. The summed E-state index contributed by atoms with van der Waals surface area (Å²) in [7, 11) is 0. The van der Waals surface area contributed by atoms with Crippen LogP contribution < -0.4 is 5.32 Å². The number of hydrogen-bond acceptors (Lipinski definition) is 2. The quantitative estimate of drug-likeness (QED) is 0.598. The molecule has 1 N–H and O–H groups in total. The number of thiophene rings is 1. The molecule has 1 aromatic heterocycles. The van der Waals surface area contributed by atoms with Crippen LogP contribution in [0.3, 0.4) is 0 Å². The number of rotatable bonds is 3. The van der Waals surface area contributed by atoms with Gasteiger partial charge >= 0.3 is 0 Å². The Balaban J connectivity index is 2.21. The number of halogens is 3.